The number of nitro benzene ring substituents is 1. The van der Waals surface area contributed by atoms with Gasteiger partial charge in [-0.3, -0.25) is 10.1 Å². The number of aliphatic hydroxyl groups is 1. The maximum absolute atomic E-state index is 11.2. The fraction of sp³-hybridized carbons (Fsp3) is 0.500. The van der Waals surface area contributed by atoms with Crippen LogP contribution in [0.1, 0.15) is 18.1 Å². The highest BCUT2D eigenvalue weighted by molar-refractivity contribution is 7.43. The number of phosphoric ester groups is 1. The largest absolute Gasteiger partial charge is 0.790 e. The van der Waals surface area contributed by atoms with Crippen LogP contribution in [-0.2, 0) is 13.8 Å². The van der Waals surface area contributed by atoms with Crippen molar-refractivity contribution in [2.45, 2.75) is 24.7 Å². The topological polar surface area (TPSA) is 163 Å². The molecule has 11 nitrogen and oxygen atoms in total. The van der Waals surface area contributed by atoms with Crippen molar-refractivity contribution in [1.82, 2.24) is 0 Å². The van der Waals surface area contributed by atoms with Crippen LogP contribution in [0.3, 0.4) is 0 Å². The van der Waals surface area contributed by atoms with Gasteiger partial charge in [0.15, 0.2) is 11.5 Å². The molecule has 1 aromatic carbocycles. The van der Waals surface area contributed by atoms with Gasteiger partial charge in [-0.05, 0) is 6.07 Å². The molecule has 2 aliphatic heterocycles. The SMILES string of the molecule is O=[N+]([O-])c1cc2c(cc1[C@H]1C[C@H](O)[C@@H](COP(=O)([O-])[O-])O1)OCO2. The Morgan fingerprint density at radius 3 is 2.62 bits per heavy atom. The van der Waals surface area contributed by atoms with E-state index in [1.54, 1.807) is 0 Å². The highest BCUT2D eigenvalue weighted by Crippen LogP contribution is 2.44. The summed E-state index contributed by atoms with van der Waals surface area (Å²) in [5.74, 6) is 0.527. The molecule has 0 saturated carbocycles. The lowest BCUT2D eigenvalue weighted by Gasteiger charge is -2.30. The lowest BCUT2D eigenvalue weighted by atomic mass is 10.0. The first-order valence-corrected chi connectivity index (χ1v) is 8.28. The number of ether oxygens (including phenoxy) is 3. The van der Waals surface area contributed by atoms with Crippen LogP contribution in [0.15, 0.2) is 12.1 Å². The fourth-order valence-electron chi connectivity index (χ4n) is 2.61. The molecule has 0 aliphatic carbocycles. The first kappa shape index (κ1) is 17.1. The molecule has 0 radical (unpaired) electrons. The molecule has 1 fully saturated rings. The molecule has 0 spiro atoms. The Hall–Kier alpha value is -1.75. The molecule has 0 unspecified atom stereocenters. The van der Waals surface area contributed by atoms with Crippen molar-refractivity contribution >= 4 is 13.5 Å². The molecule has 132 valence electrons. The number of hydrogen-bond donors (Lipinski definition) is 1. The predicted octanol–water partition coefficient (Wildman–Crippen LogP) is -0.640. The molecule has 0 bridgehead atoms. The van der Waals surface area contributed by atoms with Crippen molar-refractivity contribution in [3.05, 3.63) is 27.8 Å². The smallest absolute Gasteiger partial charge is 0.279 e. The highest BCUT2D eigenvalue weighted by Gasteiger charge is 2.39. The molecule has 12 heteroatoms. The average Bonchev–Trinajstić information content (AvgIpc) is 3.08. The third kappa shape index (κ3) is 3.51. The molecular weight excluding hydrogens is 349 g/mol. The van der Waals surface area contributed by atoms with E-state index in [-0.39, 0.29) is 30.2 Å². The maximum Gasteiger partial charge on any atom is 0.279 e. The summed E-state index contributed by atoms with van der Waals surface area (Å²) in [4.78, 5) is 31.6. The zero-order valence-electron chi connectivity index (χ0n) is 12.0. The van der Waals surface area contributed by atoms with Crippen molar-refractivity contribution in [2.24, 2.45) is 0 Å². The van der Waals surface area contributed by atoms with Gasteiger partial charge in [0.1, 0.15) is 6.10 Å². The number of aliphatic hydroxyl groups excluding tert-OH is 1. The number of rotatable bonds is 5. The van der Waals surface area contributed by atoms with E-state index >= 15 is 0 Å². The minimum atomic E-state index is -5.21. The van der Waals surface area contributed by atoms with E-state index in [4.69, 9.17) is 14.2 Å². The number of fused-ring (bicyclic) bond motifs is 1. The third-order valence-corrected chi connectivity index (χ3v) is 4.15. The van der Waals surface area contributed by atoms with Crippen LogP contribution in [0, 0.1) is 10.1 Å². The summed E-state index contributed by atoms with van der Waals surface area (Å²) in [6.45, 7) is -0.733. The zero-order chi connectivity index (χ0) is 17.5. The molecule has 0 aromatic heterocycles. The zero-order valence-corrected chi connectivity index (χ0v) is 12.9. The van der Waals surface area contributed by atoms with E-state index in [9.17, 15) is 29.6 Å². The third-order valence-electron chi connectivity index (χ3n) is 3.69. The standard InChI is InChI=1S/C12H14NO10P/c14-8-3-9(23-12(8)4-22-24(17,18)19)6-1-10-11(21-5-20-10)2-7(6)13(15)16/h1-2,8-9,12,14H,3-5H2,(H2,17,18,19)/p-2/t8-,9+,12+/m0/s1. The maximum atomic E-state index is 11.2. The number of phosphoric acid groups is 1. The molecule has 3 atom stereocenters. The van der Waals surface area contributed by atoms with Crippen molar-refractivity contribution in [2.75, 3.05) is 13.4 Å². The van der Waals surface area contributed by atoms with Gasteiger partial charge in [0.2, 0.25) is 6.79 Å². The monoisotopic (exact) mass is 361 g/mol. The Balaban J connectivity index is 1.82. The van der Waals surface area contributed by atoms with Crippen LogP contribution >= 0.6 is 7.82 Å². The van der Waals surface area contributed by atoms with Crippen molar-refractivity contribution in [1.29, 1.82) is 0 Å². The Bertz CT molecular complexity index is 703. The Kier molecular flexibility index (Phi) is 4.47. The van der Waals surface area contributed by atoms with Crippen LogP contribution in [0.5, 0.6) is 11.5 Å². The number of benzene rings is 1. The summed E-state index contributed by atoms with van der Waals surface area (Å²) in [7, 11) is -5.21. The quantitative estimate of drug-likeness (QED) is 0.405. The van der Waals surface area contributed by atoms with Gasteiger partial charge in [-0.15, -0.1) is 0 Å². The second-order valence-electron chi connectivity index (χ2n) is 5.23. The summed E-state index contributed by atoms with van der Waals surface area (Å²) < 4.78 is 30.3. The van der Waals surface area contributed by atoms with Gasteiger partial charge in [0.05, 0.1) is 43.2 Å². The van der Waals surface area contributed by atoms with Gasteiger partial charge in [-0.25, -0.2) is 0 Å². The van der Waals surface area contributed by atoms with Gasteiger partial charge >= 0.3 is 0 Å². The summed E-state index contributed by atoms with van der Waals surface area (Å²) in [5, 5.41) is 21.2. The second kappa shape index (κ2) is 6.28. The van der Waals surface area contributed by atoms with Crippen molar-refractivity contribution in [3.8, 4) is 11.5 Å². The minimum Gasteiger partial charge on any atom is -0.790 e. The number of hydrogen-bond acceptors (Lipinski definition) is 10. The van der Waals surface area contributed by atoms with Crippen LogP contribution in [0.2, 0.25) is 0 Å². The second-order valence-corrected chi connectivity index (χ2v) is 6.38. The van der Waals surface area contributed by atoms with Gasteiger partial charge < -0.3 is 38.2 Å². The Morgan fingerprint density at radius 1 is 1.33 bits per heavy atom. The molecule has 24 heavy (non-hydrogen) atoms. The van der Waals surface area contributed by atoms with E-state index in [2.05, 4.69) is 4.52 Å². The van der Waals surface area contributed by atoms with Gasteiger partial charge in [-0.2, -0.15) is 0 Å². The molecule has 3 rings (SSSR count). The summed E-state index contributed by atoms with van der Waals surface area (Å²) in [5.41, 5.74) is -0.130. The fourth-order valence-corrected chi connectivity index (χ4v) is 2.94. The summed E-state index contributed by atoms with van der Waals surface area (Å²) >= 11 is 0. The minimum absolute atomic E-state index is 0.0312. The molecule has 2 heterocycles. The van der Waals surface area contributed by atoms with Crippen LogP contribution in [-0.4, -0.2) is 35.6 Å². The van der Waals surface area contributed by atoms with Crippen LogP contribution in [0.25, 0.3) is 0 Å². The van der Waals surface area contributed by atoms with Gasteiger partial charge in [-0.1, -0.05) is 0 Å². The molecule has 1 saturated heterocycles. The predicted molar refractivity (Wildman–Crippen MR) is 71.0 cm³/mol. The Labute approximate surface area is 135 Å². The molecule has 2 aliphatic rings. The van der Waals surface area contributed by atoms with Crippen LogP contribution < -0.4 is 19.3 Å². The average molecular weight is 361 g/mol. The molecular formula is C12H12NO10P-2. The number of nitrogens with zero attached hydrogens (tertiary/aromatic N) is 1. The molecule has 0 amide bonds. The van der Waals surface area contributed by atoms with Crippen LogP contribution in [0.4, 0.5) is 5.69 Å². The van der Waals surface area contributed by atoms with E-state index in [0.717, 1.165) is 0 Å². The lowest BCUT2D eigenvalue weighted by Crippen LogP contribution is -2.28. The van der Waals surface area contributed by atoms with Crippen molar-refractivity contribution in [3.63, 3.8) is 0 Å². The molecule has 1 N–H and O–H groups in total. The number of nitro groups is 1. The molecule has 1 aromatic rings. The highest BCUT2D eigenvalue weighted by atomic mass is 31.2. The van der Waals surface area contributed by atoms with E-state index in [1.165, 1.54) is 12.1 Å². The van der Waals surface area contributed by atoms with Crippen molar-refractivity contribution < 1.29 is 43.1 Å². The first-order valence-electron chi connectivity index (χ1n) is 6.82. The summed E-state index contributed by atoms with van der Waals surface area (Å²) in [6, 6.07) is 2.58. The van der Waals surface area contributed by atoms with E-state index in [1.807, 2.05) is 0 Å². The van der Waals surface area contributed by atoms with E-state index in [0.29, 0.717) is 5.75 Å². The van der Waals surface area contributed by atoms with Gasteiger partial charge in [0.25, 0.3) is 5.69 Å². The Morgan fingerprint density at radius 2 is 2.00 bits per heavy atom. The summed E-state index contributed by atoms with van der Waals surface area (Å²) in [6.07, 6.45) is -3.17. The van der Waals surface area contributed by atoms with E-state index < -0.39 is 37.7 Å². The normalized spacial score (nSPS) is 25.9. The van der Waals surface area contributed by atoms with Gasteiger partial charge in [0, 0.05) is 6.42 Å². The first-order chi connectivity index (χ1) is 11.2. The lowest BCUT2D eigenvalue weighted by molar-refractivity contribution is -0.386.